The SMILES string of the molecule is CCOC1=CC(C(=O)N[C@H](Cc2ccc(-c3cccc(Cl)c3)cc2)C[C@@](C)(CO)C(=O)O)=NC1.CCOC1=CC(C(=O)O)=NC1.C[C@@](CO)(C[C@H](N)Cc1ccc(-c2cccc(Cl)c2)cc1)C(=O)O. The molecule has 0 unspecified atom stereocenters. The molecular weight excluding hydrogens is 927 g/mol. The lowest BCUT2D eigenvalue weighted by atomic mass is 9.82. The average molecular weight is 988 g/mol. The molecule has 0 saturated carbocycles. The molecule has 0 fully saturated rings. The van der Waals surface area contributed by atoms with Gasteiger partial charge >= 0.3 is 17.9 Å². The fraction of sp³-hybridized carbons (Fsp3) is 0.346. The molecule has 15 nitrogen and oxygen atoms in total. The van der Waals surface area contributed by atoms with Gasteiger partial charge in [-0.05, 0) is 111 Å². The van der Waals surface area contributed by atoms with E-state index in [1.807, 2.05) is 111 Å². The third-order valence-corrected chi connectivity index (χ3v) is 11.7. The summed E-state index contributed by atoms with van der Waals surface area (Å²) in [7, 11) is 0. The highest BCUT2D eigenvalue weighted by molar-refractivity contribution is 6.44. The molecule has 8 N–H and O–H groups in total. The molecule has 0 aromatic heterocycles. The standard InChI is InChI=1S/C26H29ClN2O5.C19H22ClNO3.C7H9NO3/c1-3-34-22-13-23(28-15-22)24(31)29-21(14-26(2,16-30)25(32)33)11-17-7-9-18(10-8-17)19-5-4-6-20(27)12-19;1-19(12-22,18(23)24)11-17(21)9-13-5-7-14(8-6-13)15-3-2-4-16(20)10-15;1-2-11-5-3-6(7(9)10)8-4-5/h4-10,12-13,21,30H,3,11,14-16H2,1-2H3,(H,29,31)(H,32,33);2-8,10,17,22H,9,11-12,21H2,1H3,(H,23,24);3H,2,4H2,1H3,(H,9,10)/t21-,26+;17-,19+;/m11./s1. The van der Waals surface area contributed by atoms with Crippen LogP contribution in [0, 0.1) is 10.8 Å². The van der Waals surface area contributed by atoms with Gasteiger partial charge < -0.3 is 46.1 Å². The molecule has 4 aromatic rings. The quantitative estimate of drug-likeness (QED) is 0.0425. The van der Waals surface area contributed by atoms with E-state index >= 15 is 0 Å². The van der Waals surface area contributed by atoms with E-state index in [-0.39, 0.29) is 30.3 Å². The van der Waals surface area contributed by atoms with Crippen molar-refractivity contribution in [3.63, 3.8) is 0 Å². The summed E-state index contributed by atoms with van der Waals surface area (Å²) in [6.45, 7) is 7.40. The second kappa shape index (κ2) is 26.4. The lowest BCUT2D eigenvalue weighted by Gasteiger charge is -2.28. The smallest absolute Gasteiger partial charge is 0.354 e. The van der Waals surface area contributed by atoms with Crippen LogP contribution >= 0.6 is 23.2 Å². The van der Waals surface area contributed by atoms with E-state index in [1.165, 1.54) is 19.9 Å². The average Bonchev–Trinajstić information content (AvgIpc) is 4.01. The van der Waals surface area contributed by atoms with Crippen molar-refractivity contribution in [3.05, 3.63) is 142 Å². The molecule has 4 aromatic carbocycles. The second-order valence-corrected chi connectivity index (χ2v) is 17.9. The van der Waals surface area contributed by atoms with E-state index in [4.69, 9.17) is 43.5 Å². The van der Waals surface area contributed by atoms with Gasteiger partial charge in [0.15, 0.2) is 0 Å². The van der Waals surface area contributed by atoms with Gasteiger partial charge in [0.1, 0.15) is 22.9 Å². The number of ether oxygens (including phenoxy) is 2. The van der Waals surface area contributed by atoms with Crippen LogP contribution in [-0.4, -0.2) is 112 Å². The van der Waals surface area contributed by atoms with Gasteiger partial charge in [-0.2, -0.15) is 0 Å². The van der Waals surface area contributed by atoms with Crippen molar-refractivity contribution in [2.75, 3.05) is 39.5 Å². The van der Waals surface area contributed by atoms with Crippen LogP contribution in [0.5, 0.6) is 0 Å². The Labute approximate surface area is 412 Å². The summed E-state index contributed by atoms with van der Waals surface area (Å²) in [5.74, 6) is -2.31. The van der Waals surface area contributed by atoms with E-state index in [2.05, 4.69) is 15.3 Å². The van der Waals surface area contributed by atoms with Gasteiger partial charge in [0, 0.05) is 34.3 Å². The van der Waals surface area contributed by atoms with Crippen LogP contribution in [0.4, 0.5) is 0 Å². The normalized spacial score (nSPS) is 15.4. The minimum absolute atomic E-state index is 0.0515. The number of hydrogen-bond acceptors (Lipinski definition) is 11. The summed E-state index contributed by atoms with van der Waals surface area (Å²) in [6, 6.07) is 30.1. The molecule has 69 heavy (non-hydrogen) atoms. The number of carboxylic acid groups (broad SMARTS) is 3. The summed E-state index contributed by atoms with van der Waals surface area (Å²) in [4.78, 5) is 54.1. The Balaban J connectivity index is 0.000000255. The van der Waals surface area contributed by atoms with E-state index in [1.54, 1.807) is 6.08 Å². The highest BCUT2D eigenvalue weighted by atomic mass is 35.5. The molecule has 6 rings (SSSR count). The zero-order valence-electron chi connectivity index (χ0n) is 39.0. The van der Waals surface area contributed by atoms with E-state index in [9.17, 15) is 39.6 Å². The Kier molecular flexibility index (Phi) is 21.1. The highest BCUT2D eigenvalue weighted by Gasteiger charge is 2.37. The van der Waals surface area contributed by atoms with Gasteiger partial charge in [-0.15, -0.1) is 0 Å². The van der Waals surface area contributed by atoms with Crippen molar-refractivity contribution in [2.24, 2.45) is 26.5 Å². The van der Waals surface area contributed by atoms with Crippen molar-refractivity contribution in [1.29, 1.82) is 0 Å². The van der Waals surface area contributed by atoms with E-state index in [0.29, 0.717) is 60.7 Å². The predicted octanol–water partition coefficient (Wildman–Crippen LogP) is 7.68. The number of benzene rings is 4. The summed E-state index contributed by atoms with van der Waals surface area (Å²) in [5, 5.41) is 50.6. The number of nitrogens with one attached hydrogen (secondary N) is 1. The molecule has 0 aliphatic carbocycles. The van der Waals surface area contributed by atoms with E-state index < -0.39 is 53.9 Å². The van der Waals surface area contributed by atoms with Crippen molar-refractivity contribution in [3.8, 4) is 22.3 Å². The number of hydrogen-bond donors (Lipinski definition) is 7. The Morgan fingerprint density at radius 1 is 0.652 bits per heavy atom. The molecule has 0 bridgehead atoms. The lowest BCUT2D eigenvalue weighted by Crippen LogP contribution is -2.45. The number of nitrogens with zero attached hydrogens (tertiary/aromatic N) is 2. The molecule has 17 heteroatoms. The fourth-order valence-electron chi connectivity index (χ4n) is 7.28. The third-order valence-electron chi connectivity index (χ3n) is 11.2. The van der Waals surface area contributed by atoms with Gasteiger partial charge in [-0.25, -0.2) is 4.79 Å². The monoisotopic (exact) mass is 986 g/mol. The summed E-state index contributed by atoms with van der Waals surface area (Å²) >= 11 is 12.1. The maximum absolute atomic E-state index is 12.8. The minimum atomic E-state index is -1.40. The number of carbonyl (C=O) groups excluding carboxylic acids is 1. The van der Waals surface area contributed by atoms with Gasteiger partial charge in [0.25, 0.3) is 5.91 Å². The first-order valence-corrected chi connectivity index (χ1v) is 23.0. The highest BCUT2D eigenvalue weighted by Crippen LogP contribution is 2.28. The zero-order valence-corrected chi connectivity index (χ0v) is 40.5. The second-order valence-electron chi connectivity index (χ2n) is 17.0. The molecule has 4 atom stereocenters. The van der Waals surface area contributed by atoms with Crippen LogP contribution in [-0.2, 0) is 41.5 Å². The van der Waals surface area contributed by atoms with Crippen LogP contribution in [0.1, 0.15) is 51.7 Å². The van der Waals surface area contributed by atoms with Gasteiger partial charge in [-0.3, -0.25) is 24.4 Å². The predicted molar refractivity (Wildman–Crippen MR) is 268 cm³/mol. The first-order valence-electron chi connectivity index (χ1n) is 22.3. The number of carbonyl (C=O) groups is 4. The molecule has 1 amide bonds. The first kappa shape index (κ1) is 55.2. The number of aliphatic imine (C=N–C) groups is 2. The van der Waals surface area contributed by atoms with Gasteiger partial charge in [0.05, 0.1) is 50.3 Å². The summed E-state index contributed by atoms with van der Waals surface area (Å²) < 4.78 is 10.5. The molecule has 0 saturated heterocycles. The van der Waals surface area contributed by atoms with Crippen LogP contribution in [0.15, 0.2) is 131 Å². The number of aliphatic hydroxyl groups is 2. The zero-order chi connectivity index (χ0) is 50.7. The fourth-order valence-corrected chi connectivity index (χ4v) is 7.66. The number of aliphatic hydroxyl groups excluding tert-OH is 2. The van der Waals surface area contributed by atoms with Crippen LogP contribution < -0.4 is 11.1 Å². The van der Waals surface area contributed by atoms with Crippen LogP contribution in [0.25, 0.3) is 22.3 Å². The molecule has 0 spiro atoms. The number of amides is 1. The van der Waals surface area contributed by atoms with Gasteiger partial charge in [-0.1, -0.05) is 96.0 Å². The van der Waals surface area contributed by atoms with Crippen molar-refractivity contribution in [2.45, 2.75) is 65.5 Å². The maximum atomic E-state index is 12.8. The van der Waals surface area contributed by atoms with Gasteiger partial charge in [0.2, 0.25) is 0 Å². The summed E-state index contributed by atoms with van der Waals surface area (Å²) in [6.07, 6.45) is 4.26. The number of aliphatic carboxylic acids is 3. The largest absolute Gasteiger partial charge is 0.496 e. The minimum Gasteiger partial charge on any atom is -0.496 e. The lowest BCUT2D eigenvalue weighted by molar-refractivity contribution is -0.152. The van der Waals surface area contributed by atoms with Crippen molar-refractivity contribution in [1.82, 2.24) is 5.32 Å². The summed E-state index contributed by atoms with van der Waals surface area (Å²) in [5.41, 5.74) is 9.81. The number of nitrogens with two attached hydrogens (primary N) is 1. The Bertz CT molecular complexity index is 2530. The van der Waals surface area contributed by atoms with Crippen molar-refractivity contribution < 1.29 is 54.2 Å². The molecule has 2 aliphatic rings. The number of rotatable bonds is 21. The number of carboxylic acids is 3. The number of halogens is 2. The molecule has 0 radical (unpaired) electrons. The molecular formula is C52H60Cl2N4O11. The third kappa shape index (κ3) is 17.0. The topological polar surface area (TPSA) is 251 Å². The molecule has 368 valence electrons. The van der Waals surface area contributed by atoms with Crippen LogP contribution in [0.2, 0.25) is 10.0 Å². The molecule has 2 heterocycles. The van der Waals surface area contributed by atoms with Crippen molar-refractivity contribution >= 4 is 58.4 Å². The Hall–Kier alpha value is -6.36. The maximum Gasteiger partial charge on any atom is 0.354 e. The Morgan fingerprint density at radius 3 is 1.49 bits per heavy atom. The molecule has 2 aliphatic heterocycles. The van der Waals surface area contributed by atoms with E-state index in [0.717, 1.165) is 33.4 Å². The van der Waals surface area contributed by atoms with Crippen LogP contribution in [0.3, 0.4) is 0 Å². The Morgan fingerprint density at radius 2 is 1.09 bits per heavy atom. The first-order chi connectivity index (χ1) is 32.8.